The van der Waals surface area contributed by atoms with Crippen molar-refractivity contribution in [3.63, 3.8) is 0 Å². The fourth-order valence-corrected chi connectivity index (χ4v) is 2.37. The van der Waals surface area contributed by atoms with E-state index in [0.29, 0.717) is 36.7 Å². The number of hydrogen-bond donors (Lipinski definition) is 1. The predicted octanol–water partition coefficient (Wildman–Crippen LogP) is 2.30. The average molecular weight is 280 g/mol. The summed E-state index contributed by atoms with van der Waals surface area (Å²) < 4.78 is 10.9. The van der Waals surface area contributed by atoms with Gasteiger partial charge in [0.25, 0.3) is 5.69 Å². The van der Waals surface area contributed by atoms with Crippen LogP contribution in [0.2, 0.25) is 0 Å². The molecule has 0 radical (unpaired) electrons. The van der Waals surface area contributed by atoms with E-state index in [9.17, 15) is 10.1 Å². The van der Waals surface area contributed by atoms with Gasteiger partial charge in [-0.25, -0.2) is 0 Å². The molecular formula is C14H20N2O4. The molecule has 1 unspecified atom stereocenters. The van der Waals surface area contributed by atoms with E-state index in [1.165, 1.54) is 6.07 Å². The Labute approximate surface area is 118 Å². The third-order valence-electron chi connectivity index (χ3n) is 3.39. The summed E-state index contributed by atoms with van der Waals surface area (Å²) in [6, 6.07) is 3.44. The van der Waals surface area contributed by atoms with E-state index in [-0.39, 0.29) is 16.7 Å². The van der Waals surface area contributed by atoms with Crippen LogP contribution in [0, 0.1) is 10.1 Å². The van der Waals surface area contributed by atoms with Gasteiger partial charge in [-0.05, 0) is 25.5 Å². The topological polar surface area (TPSA) is 73.6 Å². The predicted molar refractivity (Wildman–Crippen MR) is 75.5 cm³/mol. The Morgan fingerprint density at radius 1 is 1.30 bits per heavy atom. The number of hydrogen-bond acceptors (Lipinski definition) is 5. The number of benzene rings is 1. The quantitative estimate of drug-likeness (QED) is 0.639. The lowest BCUT2D eigenvalue weighted by molar-refractivity contribution is -0.385. The van der Waals surface area contributed by atoms with Gasteiger partial charge in [-0.15, -0.1) is 0 Å². The molecule has 1 aromatic rings. The minimum absolute atomic E-state index is 0.102. The number of nitrogens with one attached hydrogen (secondary N) is 1. The molecule has 1 N–H and O–H groups in total. The number of rotatable bonds is 6. The molecule has 1 aliphatic heterocycles. The van der Waals surface area contributed by atoms with Gasteiger partial charge in [0.05, 0.1) is 11.0 Å². The highest BCUT2D eigenvalue weighted by molar-refractivity contribution is 5.55. The minimum Gasteiger partial charge on any atom is -0.486 e. The summed E-state index contributed by atoms with van der Waals surface area (Å²) in [5, 5.41) is 14.6. The van der Waals surface area contributed by atoms with Crippen LogP contribution in [0.5, 0.6) is 11.5 Å². The highest BCUT2D eigenvalue weighted by atomic mass is 16.6. The summed E-state index contributed by atoms with van der Waals surface area (Å²) in [4.78, 5) is 10.9. The summed E-state index contributed by atoms with van der Waals surface area (Å²) in [5.41, 5.74) is 0.789. The Morgan fingerprint density at radius 2 is 1.95 bits per heavy atom. The number of nitro benzene ring substituents is 1. The molecule has 6 nitrogen and oxygen atoms in total. The number of fused-ring (bicyclic) bond motifs is 1. The van der Waals surface area contributed by atoms with E-state index < -0.39 is 0 Å². The molecule has 0 amide bonds. The van der Waals surface area contributed by atoms with Crippen LogP contribution in [0.3, 0.4) is 0 Å². The van der Waals surface area contributed by atoms with Crippen molar-refractivity contribution in [2.75, 3.05) is 19.8 Å². The Bertz CT molecular complexity index is 490. The normalized spacial score (nSPS) is 14.9. The molecule has 0 saturated heterocycles. The van der Waals surface area contributed by atoms with Gasteiger partial charge < -0.3 is 14.8 Å². The van der Waals surface area contributed by atoms with Crippen molar-refractivity contribution in [3.05, 3.63) is 27.8 Å². The van der Waals surface area contributed by atoms with Crippen molar-refractivity contribution in [1.29, 1.82) is 0 Å². The van der Waals surface area contributed by atoms with Crippen LogP contribution in [0.25, 0.3) is 0 Å². The van der Waals surface area contributed by atoms with Crippen molar-refractivity contribution >= 4 is 5.69 Å². The van der Waals surface area contributed by atoms with Crippen molar-refractivity contribution < 1.29 is 14.4 Å². The van der Waals surface area contributed by atoms with Gasteiger partial charge in [-0.1, -0.05) is 13.8 Å². The summed E-state index contributed by atoms with van der Waals surface area (Å²) in [6.07, 6.45) is 1.52. The van der Waals surface area contributed by atoms with Crippen molar-refractivity contribution in [1.82, 2.24) is 5.32 Å². The highest BCUT2D eigenvalue weighted by Crippen LogP contribution is 2.37. The SMILES string of the molecule is CCNC(CC)Cc1cc2c(cc1[N+](=O)[O-])OCCO2. The average Bonchev–Trinajstić information content (AvgIpc) is 2.45. The second kappa shape index (κ2) is 6.56. The second-order valence-electron chi connectivity index (χ2n) is 4.75. The molecule has 0 aliphatic carbocycles. The molecule has 110 valence electrons. The summed E-state index contributed by atoms with van der Waals surface area (Å²) in [6.45, 7) is 5.85. The summed E-state index contributed by atoms with van der Waals surface area (Å²) in [5.74, 6) is 1.06. The van der Waals surface area contributed by atoms with Crippen LogP contribution in [0.4, 0.5) is 5.69 Å². The molecule has 1 heterocycles. The molecule has 1 aromatic carbocycles. The lowest BCUT2D eigenvalue weighted by atomic mass is 10.0. The molecule has 6 heteroatoms. The van der Waals surface area contributed by atoms with E-state index in [2.05, 4.69) is 12.2 Å². The van der Waals surface area contributed by atoms with Gasteiger partial charge in [0, 0.05) is 11.6 Å². The first-order valence-electron chi connectivity index (χ1n) is 6.96. The largest absolute Gasteiger partial charge is 0.486 e. The van der Waals surface area contributed by atoms with Gasteiger partial charge >= 0.3 is 0 Å². The fourth-order valence-electron chi connectivity index (χ4n) is 2.37. The van der Waals surface area contributed by atoms with Crippen molar-refractivity contribution in [2.24, 2.45) is 0 Å². The minimum atomic E-state index is -0.355. The molecule has 0 fully saturated rings. The fraction of sp³-hybridized carbons (Fsp3) is 0.571. The molecule has 0 bridgehead atoms. The maximum absolute atomic E-state index is 11.2. The first kappa shape index (κ1) is 14.6. The van der Waals surface area contributed by atoms with E-state index >= 15 is 0 Å². The van der Waals surface area contributed by atoms with Crippen LogP contribution in [-0.2, 0) is 6.42 Å². The van der Waals surface area contributed by atoms with Crippen LogP contribution in [0.15, 0.2) is 12.1 Å². The zero-order valence-corrected chi connectivity index (χ0v) is 11.8. The smallest absolute Gasteiger partial charge is 0.276 e. The monoisotopic (exact) mass is 280 g/mol. The molecule has 1 atom stereocenters. The van der Waals surface area contributed by atoms with Gasteiger partial charge in [0.2, 0.25) is 0 Å². The van der Waals surface area contributed by atoms with Crippen LogP contribution in [-0.4, -0.2) is 30.7 Å². The van der Waals surface area contributed by atoms with E-state index in [0.717, 1.165) is 13.0 Å². The number of nitrogens with zero attached hydrogens (tertiary/aromatic N) is 1. The molecular weight excluding hydrogens is 260 g/mol. The second-order valence-corrected chi connectivity index (χ2v) is 4.75. The summed E-state index contributed by atoms with van der Waals surface area (Å²) in [7, 11) is 0. The third kappa shape index (κ3) is 3.19. The zero-order valence-electron chi connectivity index (χ0n) is 11.8. The van der Waals surface area contributed by atoms with Crippen molar-refractivity contribution in [2.45, 2.75) is 32.7 Å². The molecule has 1 aliphatic rings. The number of ether oxygens (including phenoxy) is 2. The number of likely N-dealkylation sites (N-methyl/N-ethyl adjacent to an activating group) is 1. The first-order chi connectivity index (χ1) is 9.65. The molecule has 0 saturated carbocycles. The molecule has 0 spiro atoms. The lowest BCUT2D eigenvalue weighted by Crippen LogP contribution is -2.30. The van der Waals surface area contributed by atoms with Gasteiger partial charge in [0.15, 0.2) is 11.5 Å². The zero-order chi connectivity index (χ0) is 14.5. The first-order valence-corrected chi connectivity index (χ1v) is 6.96. The van der Waals surface area contributed by atoms with Gasteiger partial charge in [0.1, 0.15) is 13.2 Å². The van der Waals surface area contributed by atoms with Crippen LogP contribution >= 0.6 is 0 Å². The third-order valence-corrected chi connectivity index (χ3v) is 3.39. The Morgan fingerprint density at radius 3 is 2.50 bits per heavy atom. The molecule has 2 rings (SSSR count). The van der Waals surface area contributed by atoms with Gasteiger partial charge in [-0.2, -0.15) is 0 Å². The maximum atomic E-state index is 11.2. The van der Waals surface area contributed by atoms with Gasteiger partial charge in [-0.3, -0.25) is 10.1 Å². The van der Waals surface area contributed by atoms with Crippen LogP contribution < -0.4 is 14.8 Å². The van der Waals surface area contributed by atoms with Crippen LogP contribution in [0.1, 0.15) is 25.8 Å². The molecule has 0 aromatic heterocycles. The summed E-state index contributed by atoms with van der Waals surface area (Å²) >= 11 is 0. The standard InChI is InChI=1S/C14H20N2O4/c1-3-11(15-4-2)7-10-8-13-14(20-6-5-19-13)9-12(10)16(17)18/h8-9,11,15H,3-7H2,1-2H3. The highest BCUT2D eigenvalue weighted by Gasteiger charge is 2.23. The Kier molecular flexibility index (Phi) is 4.79. The Balaban J connectivity index is 2.31. The van der Waals surface area contributed by atoms with E-state index in [1.54, 1.807) is 6.07 Å². The molecule has 20 heavy (non-hydrogen) atoms. The van der Waals surface area contributed by atoms with Crippen molar-refractivity contribution in [3.8, 4) is 11.5 Å². The van der Waals surface area contributed by atoms with E-state index in [4.69, 9.17) is 9.47 Å². The lowest BCUT2D eigenvalue weighted by Gasteiger charge is -2.21. The Hall–Kier alpha value is -1.82. The maximum Gasteiger partial charge on any atom is 0.276 e. The number of nitro groups is 1. The van der Waals surface area contributed by atoms with E-state index in [1.807, 2.05) is 6.92 Å².